The number of ether oxygens (including phenoxy) is 1. The van der Waals surface area contributed by atoms with E-state index < -0.39 is 42.3 Å². The van der Waals surface area contributed by atoms with Gasteiger partial charge in [-0.3, -0.25) is 24.6 Å². The number of halogens is 1. The number of carbonyl (C=O) groups excluding carboxylic acids is 3. The predicted molar refractivity (Wildman–Crippen MR) is 141 cm³/mol. The Balaban J connectivity index is 1.34. The van der Waals surface area contributed by atoms with Crippen LogP contribution in [0.5, 0.6) is 0 Å². The summed E-state index contributed by atoms with van der Waals surface area (Å²) in [6.07, 6.45) is -6.00. The summed E-state index contributed by atoms with van der Waals surface area (Å²) >= 11 is 0. The van der Waals surface area contributed by atoms with Crippen LogP contribution in [0.3, 0.4) is 0 Å². The molecule has 2 fully saturated rings. The quantitative estimate of drug-likeness (QED) is 0.559. The van der Waals surface area contributed by atoms with E-state index in [9.17, 15) is 18.8 Å². The van der Waals surface area contributed by atoms with Crippen molar-refractivity contribution in [2.24, 2.45) is 0 Å². The summed E-state index contributed by atoms with van der Waals surface area (Å²) in [6.45, 7) is 10.2. The summed E-state index contributed by atoms with van der Waals surface area (Å²) in [5, 5.41) is 5.04. The number of imide groups is 1. The van der Waals surface area contributed by atoms with Crippen LogP contribution in [0.4, 0.5) is 10.1 Å². The number of fused-ring (bicyclic) bond motifs is 1. The molecular formula is C29H35FN4O4. The van der Waals surface area contributed by atoms with Gasteiger partial charge in [-0.05, 0) is 63.9 Å². The second kappa shape index (κ2) is 9.78. The predicted octanol–water partition coefficient (Wildman–Crippen LogP) is 3.59. The molecule has 3 aliphatic rings. The number of rotatable bonds is 6. The Bertz CT molecular complexity index is 1450. The first kappa shape index (κ1) is 21.6. The highest BCUT2D eigenvalue weighted by Crippen LogP contribution is 2.33. The van der Waals surface area contributed by atoms with Crippen LogP contribution in [-0.4, -0.2) is 57.9 Å². The fourth-order valence-corrected chi connectivity index (χ4v) is 5.73. The molecule has 0 spiro atoms. The summed E-state index contributed by atoms with van der Waals surface area (Å²) in [7, 11) is 0. The molecule has 0 aromatic heterocycles. The van der Waals surface area contributed by atoms with Crippen molar-refractivity contribution < 1.29 is 29.0 Å². The second-order valence-corrected chi connectivity index (χ2v) is 11.3. The first-order valence-corrected chi connectivity index (χ1v) is 12.6. The maximum atomic E-state index is 14.9. The van der Waals surface area contributed by atoms with E-state index in [1.54, 1.807) is 24.3 Å². The lowest BCUT2D eigenvalue weighted by molar-refractivity contribution is -0.182. The van der Waals surface area contributed by atoms with Gasteiger partial charge in [0.05, 0.1) is 11.2 Å². The van der Waals surface area contributed by atoms with Crippen LogP contribution >= 0.6 is 0 Å². The van der Waals surface area contributed by atoms with Crippen LogP contribution in [-0.2, 0) is 34.0 Å². The second-order valence-electron chi connectivity index (χ2n) is 11.3. The highest BCUT2D eigenvalue weighted by molar-refractivity contribution is 6.06. The van der Waals surface area contributed by atoms with Gasteiger partial charge in [0.25, 0.3) is 5.91 Å². The van der Waals surface area contributed by atoms with Crippen molar-refractivity contribution in [1.29, 1.82) is 0 Å². The molecule has 3 amide bonds. The van der Waals surface area contributed by atoms with Gasteiger partial charge in [0.2, 0.25) is 11.8 Å². The van der Waals surface area contributed by atoms with Gasteiger partial charge >= 0.3 is 0 Å². The molecule has 0 saturated carbocycles. The van der Waals surface area contributed by atoms with Crippen LogP contribution in [0.1, 0.15) is 73.0 Å². The van der Waals surface area contributed by atoms with Gasteiger partial charge in [-0.15, -0.1) is 0 Å². The summed E-state index contributed by atoms with van der Waals surface area (Å²) < 4.78 is 53.5. The van der Waals surface area contributed by atoms with Crippen LogP contribution in [0, 0.1) is 5.82 Å². The van der Waals surface area contributed by atoms with Gasteiger partial charge < -0.3 is 15.0 Å². The Morgan fingerprint density at radius 1 is 1.13 bits per heavy atom. The van der Waals surface area contributed by atoms with Crippen LogP contribution < -0.4 is 10.6 Å². The smallest absolute Gasteiger partial charge is 0.255 e. The van der Waals surface area contributed by atoms with E-state index in [1.165, 1.54) is 12.1 Å². The van der Waals surface area contributed by atoms with E-state index in [2.05, 4.69) is 37.9 Å². The minimum atomic E-state index is -3.03. The molecule has 5 rings (SSSR count). The molecule has 3 aliphatic heterocycles. The lowest BCUT2D eigenvalue weighted by Crippen LogP contribution is -2.56. The Kier molecular flexibility index (Phi) is 5.56. The van der Waals surface area contributed by atoms with E-state index in [0.717, 1.165) is 23.6 Å². The van der Waals surface area contributed by atoms with Crippen molar-refractivity contribution in [2.75, 3.05) is 18.4 Å². The number of nitrogens with zero attached hydrogens (tertiary/aromatic N) is 2. The lowest BCUT2D eigenvalue weighted by Gasteiger charge is -2.47. The maximum Gasteiger partial charge on any atom is 0.255 e. The lowest BCUT2D eigenvalue weighted by atomic mass is 9.98. The van der Waals surface area contributed by atoms with Crippen molar-refractivity contribution in [2.45, 2.75) is 77.3 Å². The van der Waals surface area contributed by atoms with Gasteiger partial charge in [0, 0.05) is 67.0 Å². The van der Waals surface area contributed by atoms with Gasteiger partial charge in [-0.1, -0.05) is 12.1 Å². The molecule has 0 radical (unpaired) electrons. The Morgan fingerprint density at radius 2 is 1.87 bits per heavy atom. The Hall–Kier alpha value is -3.30. The number of benzene rings is 2. The first-order chi connectivity index (χ1) is 19.4. The number of amides is 3. The molecule has 2 aromatic rings. The van der Waals surface area contributed by atoms with Crippen molar-refractivity contribution >= 4 is 23.4 Å². The fourth-order valence-electron chi connectivity index (χ4n) is 5.73. The average Bonchev–Trinajstić information content (AvgIpc) is 3.18. The third-order valence-corrected chi connectivity index (χ3v) is 6.86. The standard InChI is InChI=1S/C29H35FN4O4/c1-28(2)16-33(17-29(3,4)38-28)14-18-8-9-22(30)19(12-18)13-31-23-7-5-6-20-21(23)15-34(27(20)37)24-10-11-25(35)32-26(24)36/h5-9,12,24,31H,10-11,13-17H2,1-4H3,(H,32,35,36)/i10D2,11D2. The zero-order chi connectivity index (χ0) is 30.8. The molecule has 0 bridgehead atoms. The summed E-state index contributed by atoms with van der Waals surface area (Å²) in [5.74, 6) is -3.52. The molecule has 2 saturated heterocycles. The van der Waals surface area contributed by atoms with Crippen molar-refractivity contribution in [1.82, 2.24) is 15.1 Å². The normalized spacial score (nSPS) is 27.0. The van der Waals surface area contributed by atoms with Gasteiger partial charge in [-0.25, -0.2) is 4.39 Å². The molecular weight excluding hydrogens is 487 g/mol. The molecule has 3 heterocycles. The summed E-state index contributed by atoms with van der Waals surface area (Å²) in [5.41, 5.74) is 1.91. The fraction of sp³-hybridized carbons (Fsp3) is 0.483. The molecule has 1 unspecified atom stereocenters. The summed E-state index contributed by atoms with van der Waals surface area (Å²) in [4.78, 5) is 41.2. The molecule has 8 nitrogen and oxygen atoms in total. The SMILES string of the molecule is [2H]C1([2H])C(=O)NC(=O)C(N2Cc3c(NCc4cc(CN5CC(C)(C)OC(C)(C)C5)ccc4F)cccc3C2=O)C1([2H])[2H]. The van der Waals surface area contributed by atoms with Gasteiger partial charge in [0.15, 0.2) is 0 Å². The van der Waals surface area contributed by atoms with Gasteiger partial charge in [0.1, 0.15) is 11.9 Å². The molecule has 0 aliphatic carbocycles. The molecule has 9 heteroatoms. The van der Waals surface area contributed by atoms with Crippen LogP contribution in [0.15, 0.2) is 36.4 Å². The molecule has 2 N–H and O–H groups in total. The number of piperidine rings is 1. The minimum Gasteiger partial charge on any atom is -0.381 e. The number of carbonyl (C=O) groups is 3. The number of anilines is 1. The van der Waals surface area contributed by atoms with Crippen LogP contribution in [0.25, 0.3) is 0 Å². The summed E-state index contributed by atoms with van der Waals surface area (Å²) in [6, 6.07) is 8.00. The Morgan fingerprint density at radius 3 is 2.61 bits per heavy atom. The zero-order valence-corrected chi connectivity index (χ0v) is 22.0. The number of nitrogens with one attached hydrogen (secondary N) is 2. The largest absolute Gasteiger partial charge is 0.381 e. The van der Waals surface area contributed by atoms with Crippen molar-refractivity contribution in [3.8, 4) is 0 Å². The molecule has 202 valence electrons. The monoisotopic (exact) mass is 526 g/mol. The van der Waals surface area contributed by atoms with Crippen LogP contribution in [0.2, 0.25) is 0 Å². The molecule has 38 heavy (non-hydrogen) atoms. The first-order valence-electron chi connectivity index (χ1n) is 14.6. The zero-order valence-electron chi connectivity index (χ0n) is 26.0. The highest BCUT2D eigenvalue weighted by atomic mass is 19.1. The van der Waals surface area contributed by atoms with E-state index in [4.69, 9.17) is 10.2 Å². The maximum absolute atomic E-state index is 14.9. The topological polar surface area (TPSA) is 91.0 Å². The van der Waals surface area contributed by atoms with Crippen molar-refractivity contribution in [3.05, 3.63) is 64.5 Å². The number of hydrogen-bond donors (Lipinski definition) is 2. The van der Waals surface area contributed by atoms with E-state index >= 15 is 0 Å². The van der Waals surface area contributed by atoms with E-state index in [-0.39, 0.29) is 29.9 Å². The Labute approximate surface area is 228 Å². The van der Waals surface area contributed by atoms with E-state index in [0.29, 0.717) is 23.4 Å². The third kappa shape index (κ3) is 5.44. The molecule has 2 aromatic carbocycles. The highest BCUT2D eigenvalue weighted by Gasteiger charge is 2.40. The minimum absolute atomic E-state index is 0.103. The molecule has 1 atom stereocenters. The number of morpholine rings is 1. The average molecular weight is 527 g/mol. The number of hydrogen-bond acceptors (Lipinski definition) is 6. The van der Waals surface area contributed by atoms with Crippen molar-refractivity contribution in [3.63, 3.8) is 0 Å². The van der Waals surface area contributed by atoms with E-state index in [1.807, 2.05) is 5.32 Å². The third-order valence-electron chi connectivity index (χ3n) is 6.86. The van der Waals surface area contributed by atoms with Gasteiger partial charge in [-0.2, -0.15) is 0 Å².